The second-order valence-corrected chi connectivity index (χ2v) is 6.64. The third-order valence-corrected chi connectivity index (χ3v) is 4.38. The van der Waals surface area contributed by atoms with E-state index in [-0.39, 0.29) is 18.5 Å². The van der Waals surface area contributed by atoms with Crippen molar-refractivity contribution in [2.24, 2.45) is 0 Å². The Morgan fingerprint density at radius 2 is 1.96 bits per heavy atom. The third kappa shape index (κ3) is 3.92. The van der Waals surface area contributed by atoms with Crippen LogP contribution in [0.5, 0.6) is 5.75 Å². The molecule has 0 N–H and O–H groups in total. The van der Waals surface area contributed by atoms with E-state index < -0.39 is 17.6 Å². The average Bonchev–Trinajstić information content (AvgIpc) is 2.76. The Morgan fingerprint density at radius 3 is 2.52 bits per heavy atom. The van der Waals surface area contributed by atoms with Gasteiger partial charge in [0.25, 0.3) is 5.91 Å². The smallest absolute Gasteiger partial charge is 0.418 e. The molecule has 0 spiro atoms. The molecule has 1 aliphatic rings. The van der Waals surface area contributed by atoms with Crippen LogP contribution >= 0.6 is 0 Å². The highest BCUT2D eigenvalue weighted by atomic mass is 16.6. The van der Waals surface area contributed by atoms with Crippen LogP contribution in [0.15, 0.2) is 24.3 Å². The fourth-order valence-corrected chi connectivity index (χ4v) is 2.68. The maximum absolute atomic E-state index is 12.5. The van der Waals surface area contributed by atoms with E-state index in [4.69, 9.17) is 9.47 Å². The quantitative estimate of drug-likeness (QED) is 0.784. The Bertz CT molecular complexity index is 686. The molecular formula is C18H24N2O5. The van der Waals surface area contributed by atoms with Crippen LogP contribution in [0.1, 0.15) is 26.3 Å². The van der Waals surface area contributed by atoms with Crippen LogP contribution < -0.4 is 4.74 Å². The summed E-state index contributed by atoms with van der Waals surface area (Å²) in [6.07, 6.45) is -0.190. The summed E-state index contributed by atoms with van der Waals surface area (Å²) in [4.78, 5) is 38.8. The topological polar surface area (TPSA) is 76.2 Å². The lowest BCUT2D eigenvalue weighted by molar-refractivity contribution is -0.140. The number of hydrogen-bond acceptors (Lipinski definition) is 5. The predicted octanol–water partition coefficient (Wildman–Crippen LogP) is 1.84. The van der Waals surface area contributed by atoms with Crippen molar-refractivity contribution < 1.29 is 23.9 Å². The molecule has 7 heteroatoms. The molecule has 0 bridgehead atoms. The van der Waals surface area contributed by atoms with Crippen LogP contribution in [0.4, 0.5) is 4.79 Å². The van der Waals surface area contributed by atoms with Gasteiger partial charge in [0, 0.05) is 13.1 Å². The molecule has 0 saturated carbocycles. The summed E-state index contributed by atoms with van der Waals surface area (Å²) in [5.74, 6) is -0.0720. The Hall–Kier alpha value is -2.57. The number of benzene rings is 1. The van der Waals surface area contributed by atoms with E-state index in [1.807, 2.05) is 31.2 Å². The lowest BCUT2D eigenvalue weighted by Crippen LogP contribution is -2.46. The lowest BCUT2D eigenvalue weighted by Gasteiger charge is -2.27. The van der Waals surface area contributed by atoms with Gasteiger partial charge >= 0.3 is 6.09 Å². The molecule has 1 aromatic carbocycles. The highest BCUT2D eigenvalue weighted by Crippen LogP contribution is 2.24. The number of carbonyl (C=O) groups is 3. The average molecular weight is 348 g/mol. The van der Waals surface area contributed by atoms with Crippen molar-refractivity contribution in [3.05, 3.63) is 29.8 Å². The van der Waals surface area contributed by atoms with E-state index >= 15 is 0 Å². The minimum atomic E-state index is -1.22. The Labute approximate surface area is 147 Å². The number of hydrogen-bond donors (Lipinski definition) is 0. The number of nitrogens with zero attached hydrogens (tertiary/aromatic N) is 2. The molecule has 1 aromatic rings. The molecule has 0 radical (unpaired) electrons. The zero-order chi connectivity index (χ0) is 18.8. The molecule has 1 aliphatic heterocycles. The van der Waals surface area contributed by atoms with Crippen LogP contribution in [0.3, 0.4) is 0 Å². The first-order valence-corrected chi connectivity index (χ1v) is 8.10. The van der Waals surface area contributed by atoms with Gasteiger partial charge in [-0.25, -0.2) is 9.69 Å². The minimum Gasteiger partial charge on any atom is -0.496 e. The van der Waals surface area contributed by atoms with Gasteiger partial charge in [-0.15, -0.1) is 0 Å². The molecule has 25 heavy (non-hydrogen) atoms. The van der Waals surface area contributed by atoms with Crippen molar-refractivity contribution in [1.82, 2.24) is 9.80 Å². The van der Waals surface area contributed by atoms with Gasteiger partial charge in [-0.05, 0) is 38.8 Å². The van der Waals surface area contributed by atoms with Crippen LogP contribution in [0, 0.1) is 0 Å². The van der Waals surface area contributed by atoms with E-state index in [1.54, 1.807) is 14.2 Å². The normalized spacial score (nSPS) is 17.2. The van der Waals surface area contributed by atoms with Crippen molar-refractivity contribution >= 4 is 17.9 Å². The summed E-state index contributed by atoms with van der Waals surface area (Å²) in [6.45, 7) is 4.59. The number of likely N-dealkylation sites (N-methyl/N-ethyl adjacent to an activating group) is 1. The Kier molecular flexibility index (Phi) is 5.35. The van der Waals surface area contributed by atoms with Gasteiger partial charge in [0.1, 0.15) is 12.3 Å². The van der Waals surface area contributed by atoms with Gasteiger partial charge in [0.05, 0.1) is 7.11 Å². The molecule has 1 heterocycles. The predicted molar refractivity (Wildman–Crippen MR) is 91.2 cm³/mol. The SMILES string of the molecule is COc1ccccc1C[C@H](C)N(C)C(=O)CN1C(=O)OC(C)(C)C1=O. The van der Waals surface area contributed by atoms with Gasteiger partial charge in [0.15, 0.2) is 5.60 Å². The standard InChI is InChI=1S/C18H24N2O5/c1-12(10-13-8-6-7-9-14(13)24-5)19(4)15(21)11-20-16(22)18(2,3)25-17(20)23/h6-9,12H,10-11H2,1-5H3/t12-/m0/s1. The number of carbonyl (C=O) groups excluding carboxylic acids is 3. The summed E-state index contributed by atoms with van der Waals surface area (Å²) in [5, 5.41) is 0. The summed E-state index contributed by atoms with van der Waals surface area (Å²) in [7, 11) is 3.25. The number of imide groups is 1. The highest BCUT2D eigenvalue weighted by Gasteiger charge is 2.47. The molecule has 0 aliphatic carbocycles. The molecule has 0 unspecified atom stereocenters. The summed E-state index contributed by atoms with van der Waals surface area (Å²) >= 11 is 0. The highest BCUT2D eigenvalue weighted by molar-refractivity contribution is 6.04. The molecule has 7 nitrogen and oxygen atoms in total. The second kappa shape index (κ2) is 7.13. The number of amides is 3. The number of methoxy groups -OCH3 is 1. The van der Waals surface area contributed by atoms with Gasteiger partial charge in [-0.1, -0.05) is 18.2 Å². The van der Waals surface area contributed by atoms with E-state index in [1.165, 1.54) is 18.7 Å². The fourth-order valence-electron chi connectivity index (χ4n) is 2.68. The van der Waals surface area contributed by atoms with E-state index in [0.717, 1.165) is 16.2 Å². The van der Waals surface area contributed by atoms with E-state index in [2.05, 4.69) is 0 Å². The van der Waals surface area contributed by atoms with Gasteiger partial charge in [0.2, 0.25) is 5.91 Å². The minimum absolute atomic E-state index is 0.134. The van der Waals surface area contributed by atoms with Gasteiger partial charge in [-0.3, -0.25) is 9.59 Å². The zero-order valence-corrected chi connectivity index (χ0v) is 15.2. The fraction of sp³-hybridized carbons (Fsp3) is 0.500. The number of ether oxygens (including phenoxy) is 2. The second-order valence-electron chi connectivity index (χ2n) is 6.64. The largest absolute Gasteiger partial charge is 0.496 e. The van der Waals surface area contributed by atoms with Crippen LogP contribution in [-0.2, 0) is 20.7 Å². The number of cyclic esters (lactones) is 1. The molecule has 136 valence electrons. The number of para-hydroxylation sites is 1. The Balaban J connectivity index is 2.02. The first-order valence-electron chi connectivity index (χ1n) is 8.10. The first-order chi connectivity index (χ1) is 11.7. The molecule has 1 atom stereocenters. The molecule has 1 fully saturated rings. The maximum atomic E-state index is 12.5. The van der Waals surface area contributed by atoms with Crippen molar-refractivity contribution in [3.8, 4) is 5.75 Å². The van der Waals surface area contributed by atoms with Crippen LogP contribution in [0.2, 0.25) is 0 Å². The summed E-state index contributed by atoms with van der Waals surface area (Å²) in [5.41, 5.74) is -0.242. The van der Waals surface area contributed by atoms with Crippen LogP contribution in [0.25, 0.3) is 0 Å². The van der Waals surface area contributed by atoms with Gasteiger partial charge in [-0.2, -0.15) is 0 Å². The van der Waals surface area contributed by atoms with Crippen molar-refractivity contribution in [2.45, 2.75) is 38.8 Å². The van der Waals surface area contributed by atoms with E-state index in [9.17, 15) is 14.4 Å². The van der Waals surface area contributed by atoms with Gasteiger partial charge < -0.3 is 14.4 Å². The van der Waals surface area contributed by atoms with E-state index in [0.29, 0.717) is 6.42 Å². The number of rotatable bonds is 6. The molecule has 1 saturated heterocycles. The summed E-state index contributed by atoms with van der Waals surface area (Å²) < 4.78 is 10.3. The van der Waals surface area contributed by atoms with Crippen molar-refractivity contribution in [2.75, 3.05) is 20.7 Å². The first kappa shape index (κ1) is 18.8. The molecule has 2 rings (SSSR count). The lowest BCUT2D eigenvalue weighted by atomic mass is 10.0. The molecule has 3 amide bonds. The zero-order valence-electron chi connectivity index (χ0n) is 15.2. The summed E-state index contributed by atoms with van der Waals surface area (Å²) in [6, 6.07) is 7.47. The van der Waals surface area contributed by atoms with Crippen molar-refractivity contribution in [1.29, 1.82) is 0 Å². The molecule has 0 aromatic heterocycles. The maximum Gasteiger partial charge on any atom is 0.418 e. The Morgan fingerprint density at radius 1 is 1.32 bits per heavy atom. The molecular weight excluding hydrogens is 324 g/mol. The van der Waals surface area contributed by atoms with Crippen LogP contribution in [-0.4, -0.2) is 60.1 Å². The monoisotopic (exact) mass is 348 g/mol. The van der Waals surface area contributed by atoms with Crippen molar-refractivity contribution in [3.63, 3.8) is 0 Å². The third-order valence-electron chi connectivity index (χ3n) is 4.38.